The average Bonchev–Trinajstić information content (AvgIpc) is 3.35. The van der Waals surface area contributed by atoms with Crippen molar-refractivity contribution in [3.8, 4) is 16.9 Å². The SMILES string of the molecule is O=C(C=Cc1cccnc1)NCC1Cc2cc(-c3ccsc3)cc(Cl)c2O1. The van der Waals surface area contributed by atoms with Gasteiger partial charge in [0, 0.05) is 30.5 Å². The molecular formula is C21H17ClN2O2S. The van der Waals surface area contributed by atoms with Crippen molar-refractivity contribution in [3.63, 3.8) is 0 Å². The number of nitrogens with zero attached hydrogens (tertiary/aromatic N) is 1. The largest absolute Gasteiger partial charge is 0.486 e. The molecule has 1 aliphatic heterocycles. The molecule has 0 spiro atoms. The second-order valence-electron chi connectivity index (χ2n) is 6.27. The van der Waals surface area contributed by atoms with Gasteiger partial charge in [-0.1, -0.05) is 17.7 Å². The minimum Gasteiger partial charge on any atom is -0.486 e. The quantitative estimate of drug-likeness (QED) is 0.641. The second kappa shape index (κ2) is 7.94. The number of hydrogen-bond donors (Lipinski definition) is 1. The summed E-state index contributed by atoms with van der Waals surface area (Å²) in [4.78, 5) is 16.0. The van der Waals surface area contributed by atoms with Crippen molar-refractivity contribution in [1.29, 1.82) is 0 Å². The Morgan fingerprint density at radius 1 is 1.37 bits per heavy atom. The van der Waals surface area contributed by atoms with Gasteiger partial charge in [0.05, 0.1) is 11.6 Å². The van der Waals surface area contributed by atoms with Gasteiger partial charge in [-0.25, -0.2) is 0 Å². The van der Waals surface area contributed by atoms with Gasteiger partial charge in [0.25, 0.3) is 0 Å². The number of ether oxygens (including phenoxy) is 1. The van der Waals surface area contributed by atoms with Crippen LogP contribution in [0.25, 0.3) is 17.2 Å². The van der Waals surface area contributed by atoms with Crippen molar-refractivity contribution >= 4 is 34.9 Å². The Labute approximate surface area is 166 Å². The Kier molecular flexibility index (Phi) is 5.23. The first-order chi connectivity index (χ1) is 13.2. The molecule has 0 aliphatic carbocycles. The molecule has 136 valence electrons. The molecule has 3 heterocycles. The highest BCUT2D eigenvalue weighted by molar-refractivity contribution is 7.08. The molecule has 0 saturated carbocycles. The molecule has 4 rings (SSSR count). The predicted octanol–water partition coefficient (Wildman–Crippen LogP) is 4.60. The van der Waals surface area contributed by atoms with Gasteiger partial charge >= 0.3 is 0 Å². The molecule has 1 amide bonds. The van der Waals surface area contributed by atoms with Gasteiger partial charge in [-0.3, -0.25) is 9.78 Å². The Bertz CT molecular complexity index is 971. The summed E-state index contributed by atoms with van der Waals surface area (Å²) in [5.41, 5.74) is 4.20. The second-order valence-corrected chi connectivity index (χ2v) is 7.45. The van der Waals surface area contributed by atoms with Crippen molar-refractivity contribution in [1.82, 2.24) is 10.3 Å². The van der Waals surface area contributed by atoms with Gasteiger partial charge in [-0.15, -0.1) is 0 Å². The Hall–Kier alpha value is -2.63. The van der Waals surface area contributed by atoms with Gasteiger partial charge in [-0.2, -0.15) is 11.3 Å². The molecular weight excluding hydrogens is 380 g/mol. The summed E-state index contributed by atoms with van der Waals surface area (Å²) < 4.78 is 5.95. The molecule has 27 heavy (non-hydrogen) atoms. The van der Waals surface area contributed by atoms with E-state index in [2.05, 4.69) is 27.8 Å². The van der Waals surface area contributed by atoms with Crippen LogP contribution in [0.3, 0.4) is 0 Å². The van der Waals surface area contributed by atoms with Crippen LogP contribution in [0.1, 0.15) is 11.1 Å². The summed E-state index contributed by atoms with van der Waals surface area (Å²) in [7, 11) is 0. The van der Waals surface area contributed by atoms with Crippen LogP contribution in [0.2, 0.25) is 5.02 Å². The zero-order chi connectivity index (χ0) is 18.6. The highest BCUT2D eigenvalue weighted by Gasteiger charge is 2.26. The maximum Gasteiger partial charge on any atom is 0.244 e. The highest BCUT2D eigenvalue weighted by Crippen LogP contribution is 2.39. The first kappa shape index (κ1) is 17.8. The standard InChI is InChI=1S/C21H17ClN2O2S/c22-19-10-16(15-5-7-27-13-15)8-17-9-18(26-21(17)19)12-24-20(25)4-3-14-2-1-6-23-11-14/h1-8,10-11,13,18H,9,12H2,(H,24,25). The van der Waals surface area contributed by atoms with E-state index in [1.54, 1.807) is 29.8 Å². The summed E-state index contributed by atoms with van der Waals surface area (Å²) in [5, 5.41) is 7.63. The van der Waals surface area contributed by atoms with E-state index in [0.717, 1.165) is 34.4 Å². The maximum absolute atomic E-state index is 12.0. The third-order valence-corrected chi connectivity index (χ3v) is 5.29. The molecule has 1 N–H and O–H groups in total. The molecule has 0 fully saturated rings. The lowest BCUT2D eigenvalue weighted by molar-refractivity contribution is -0.116. The van der Waals surface area contributed by atoms with E-state index in [0.29, 0.717) is 11.6 Å². The minimum atomic E-state index is -0.163. The number of halogens is 1. The first-order valence-corrected chi connectivity index (χ1v) is 9.89. The van der Waals surface area contributed by atoms with Crippen molar-refractivity contribution in [2.45, 2.75) is 12.5 Å². The fourth-order valence-corrected chi connectivity index (χ4v) is 3.97. The molecule has 0 radical (unpaired) electrons. The highest BCUT2D eigenvalue weighted by atomic mass is 35.5. The van der Waals surface area contributed by atoms with Crippen molar-refractivity contribution in [2.75, 3.05) is 6.54 Å². The average molecular weight is 397 g/mol. The van der Waals surface area contributed by atoms with Crippen molar-refractivity contribution in [3.05, 3.63) is 75.7 Å². The molecule has 1 unspecified atom stereocenters. The number of amides is 1. The molecule has 3 aromatic rings. The van der Waals surface area contributed by atoms with E-state index in [-0.39, 0.29) is 12.0 Å². The van der Waals surface area contributed by atoms with E-state index >= 15 is 0 Å². The van der Waals surface area contributed by atoms with Crippen LogP contribution in [0.5, 0.6) is 5.75 Å². The smallest absolute Gasteiger partial charge is 0.244 e. The number of carbonyl (C=O) groups is 1. The molecule has 4 nitrogen and oxygen atoms in total. The van der Waals surface area contributed by atoms with Crippen LogP contribution < -0.4 is 10.1 Å². The predicted molar refractivity (Wildman–Crippen MR) is 109 cm³/mol. The summed E-state index contributed by atoms with van der Waals surface area (Å²) in [5.74, 6) is 0.560. The fourth-order valence-electron chi connectivity index (χ4n) is 3.02. The number of thiophene rings is 1. The molecule has 2 aromatic heterocycles. The molecule has 1 aliphatic rings. The van der Waals surface area contributed by atoms with Gasteiger partial charge in [0.1, 0.15) is 11.9 Å². The monoisotopic (exact) mass is 396 g/mol. The normalized spacial score (nSPS) is 15.5. The van der Waals surface area contributed by atoms with E-state index < -0.39 is 0 Å². The van der Waals surface area contributed by atoms with Crippen LogP contribution in [0.15, 0.2) is 59.6 Å². The number of aromatic nitrogens is 1. The molecule has 0 saturated heterocycles. The van der Waals surface area contributed by atoms with Crippen molar-refractivity contribution in [2.24, 2.45) is 0 Å². The van der Waals surface area contributed by atoms with Crippen LogP contribution in [0, 0.1) is 0 Å². The molecule has 6 heteroatoms. The number of fused-ring (bicyclic) bond motifs is 1. The maximum atomic E-state index is 12.0. The van der Waals surface area contributed by atoms with Gasteiger partial charge in [-0.05, 0) is 57.8 Å². The number of benzene rings is 1. The molecule has 0 bridgehead atoms. The summed E-state index contributed by atoms with van der Waals surface area (Å²) in [6.07, 6.45) is 7.23. The fraction of sp³-hybridized carbons (Fsp3) is 0.143. The van der Waals surface area contributed by atoms with Crippen LogP contribution >= 0.6 is 22.9 Å². The molecule has 1 atom stereocenters. The Morgan fingerprint density at radius 3 is 3.07 bits per heavy atom. The van der Waals surface area contributed by atoms with Gasteiger partial charge in [0.2, 0.25) is 5.91 Å². The third-order valence-electron chi connectivity index (χ3n) is 4.32. The number of hydrogen-bond acceptors (Lipinski definition) is 4. The van der Waals surface area contributed by atoms with E-state index in [1.807, 2.05) is 23.6 Å². The van der Waals surface area contributed by atoms with Gasteiger partial charge < -0.3 is 10.1 Å². The van der Waals surface area contributed by atoms with Gasteiger partial charge in [0.15, 0.2) is 0 Å². The lowest BCUT2D eigenvalue weighted by Crippen LogP contribution is -2.33. The van der Waals surface area contributed by atoms with Crippen LogP contribution in [-0.2, 0) is 11.2 Å². The number of rotatable bonds is 5. The Morgan fingerprint density at radius 2 is 2.30 bits per heavy atom. The third kappa shape index (κ3) is 4.21. The topological polar surface area (TPSA) is 51.2 Å². The summed E-state index contributed by atoms with van der Waals surface area (Å²) >= 11 is 8.07. The number of pyridine rings is 1. The molecule has 1 aromatic carbocycles. The van der Waals surface area contributed by atoms with Crippen molar-refractivity contribution < 1.29 is 9.53 Å². The van der Waals surface area contributed by atoms with E-state index in [1.165, 1.54) is 6.08 Å². The Balaban J connectivity index is 1.37. The zero-order valence-electron chi connectivity index (χ0n) is 14.4. The number of carbonyl (C=O) groups excluding carboxylic acids is 1. The zero-order valence-corrected chi connectivity index (χ0v) is 16.0. The minimum absolute atomic E-state index is 0.119. The van der Waals surface area contributed by atoms with E-state index in [4.69, 9.17) is 16.3 Å². The van der Waals surface area contributed by atoms with E-state index in [9.17, 15) is 4.79 Å². The van der Waals surface area contributed by atoms with Crippen LogP contribution in [-0.4, -0.2) is 23.5 Å². The first-order valence-electron chi connectivity index (χ1n) is 8.56. The summed E-state index contributed by atoms with van der Waals surface area (Å²) in [6, 6.07) is 9.84. The lowest BCUT2D eigenvalue weighted by Gasteiger charge is -2.11. The lowest BCUT2D eigenvalue weighted by atomic mass is 10.0. The van der Waals surface area contributed by atoms with Crippen LogP contribution in [0.4, 0.5) is 0 Å². The number of nitrogens with one attached hydrogen (secondary N) is 1. The summed E-state index contributed by atoms with van der Waals surface area (Å²) in [6.45, 7) is 0.426.